The third-order valence-corrected chi connectivity index (χ3v) is 2.38. The molecule has 0 saturated carbocycles. The van der Waals surface area contributed by atoms with Crippen molar-refractivity contribution < 1.29 is 4.79 Å². The quantitative estimate of drug-likeness (QED) is 0.490. The van der Waals surface area contributed by atoms with Gasteiger partial charge in [-0.05, 0) is 25.0 Å². The number of rotatable bonds is 7. The summed E-state index contributed by atoms with van der Waals surface area (Å²) in [6.45, 7) is 1.53. The lowest BCUT2D eigenvalue weighted by atomic mass is 10.3. The Morgan fingerprint density at radius 3 is 3.06 bits per heavy atom. The summed E-state index contributed by atoms with van der Waals surface area (Å²) >= 11 is 0. The van der Waals surface area contributed by atoms with E-state index in [0.717, 1.165) is 42.9 Å². The maximum absolute atomic E-state index is 10.0. The number of unbranched alkanes of at least 4 members (excludes halogenated alkanes) is 1. The molecule has 1 amide bonds. The molecule has 0 atom stereocenters. The molecule has 0 aliphatic heterocycles. The molecule has 90 valence electrons. The molecular formula is C11H15N5O. The largest absolute Gasteiger partial charge is 0.359 e. The average molecular weight is 233 g/mol. The summed E-state index contributed by atoms with van der Waals surface area (Å²) < 4.78 is 0. The zero-order valence-electron chi connectivity index (χ0n) is 9.44. The molecule has 0 unspecified atom stereocenters. The summed E-state index contributed by atoms with van der Waals surface area (Å²) in [5.41, 5.74) is 1.65. The van der Waals surface area contributed by atoms with Crippen LogP contribution in [-0.4, -0.2) is 34.5 Å². The van der Waals surface area contributed by atoms with Crippen LogP contribution in [0.2, 0.25) is 0 Å². The number of nitrogens with zero attached hydrogens (tertiary/aromatic N) is 2. The molecule has 0 fully saturated rings. The smallest absolute Gasteiger partial charge is 0.207 e. The normalized spacial score (nSPS) is 10.4. The first-order valence-corrected chi connectivity index (χ1v) is 5.62. The molecule has 0 saturated heterocycles. The molecule has 2 rings (SSSR count). The second kappa shape index (κ2) is 5.83. The van der Waals surface area contributed by atoms with Crippen LogP contribution in [0, 0.1) is 0 Å². The van der Waals surface area contributed by atoms with E-state index < -0.39 is 0 Å². The average Bonchev–Trinajstić information content (AvgIpc) is 2.76. The minimum absolute atomic E-state index is 0.715. The van der Waals surface area contributed by atoms with Gasteiger partial charge in [-0.15, -0.1) is 0 Å². The van der Waals surface area contributed by atoms with Gasteiger partial charge in [0.15, 0.2) is 5.65 Å². The molecule has 0 aliphatic carbocycles. The SMILES string of the molecule is O=CNCCCCNc1nc2ncccc2[nH]1. The summed E-state index contributed by atoms with van der Waals surface area (Å²) in [5.74, 6) is 0.738. The van der Waals surface area contributed by atoms with Crippen LogP contribution < -0.4 is 10.6 Å². The van der Waals surface area contributed by atoms with Crippen molar-refractivity contribution in [1.82, 2.24) is 20.3 Å². The first-order valence-electron chi connectivity index (χ1n) is 5.62. The zero-order chi connectivity index (χ0) is 11.9. The van der Waals surface area contributed by atoms with Crippen molar-refractivity contribution in [2.24, 2.45) is 0 Å². The zero-order valence-corrected chi connectivity index (χ0v) is 9.44. The van der Waals surface area contributed by atoms with Gasteiger partial charge in [0.1, 0.15) is 0 Å². The van der Waals surface area contributed by atoms with Gasteiger partial charge in [-0.2, -0.15) is 4.98 Å². The summed E-state index contributed by atoms with van der Waals surface area (Å²) in [6, 6.07) is 3.81. The summed E-state index contributed by atoms with van der Waals surface area (Å²) in [6.07, 6.45) is 4.37. The lowest BCUT2D eigenvalue weighted by Crippen LogP contribution is -2.13. The van der Waals surface area contributed by atoms with Crippen molar-refractivity contribution in [2.75, 3.05) is 18.4 Å². The lowest BCUT2D eigenvalue weighted by molar-refractivity contribution is -0.109. The molecule has 3 N–H and O–H groups in total. The van der Waals surface area contributed by atoms with E-state index >= 15 is 0 Å². The minimum atomic E-state index is 0.715. The minimum Gasteiger partial charge on any atom is -0.359 e. The van der Waals surface area contributed by atoms with E-state index in [0.29, 0.717) is 6.54 Å². The number of imidazole rings is 1. The highest BCUT2D eigenvalue weighted by Crippen LogP contribution is 2.10. The molecule has 0 aliphatic rings. The maximum Gasteiger partial charge on any atom is 0.207 e. The number of aromatic nitrogens is 3. The fraction of sp³-hybridized carbons (Fsp3) is 0.364. The molecule has 17 heavy (non-hydrogen) atoms. The van der Waals surface area contributed by atoms with Gasteiger partial charge in [-0.3, -0.25) is 4.79 Å². The first kappa shape index (κ1) is 11.4. The monoisotopic (exact) mass is 233 g/mol. The van der Waals surface area contributed by atoms with Crippen molar-refractivity contribution in [3.63, 3.8) is 0 Å². The van der Waals surface area contributed by atoms with Gasteiger partial charge in [0.05, 0.1) is 5.52 Å². The van der Waals surface area contributed by atoms with Crippen LogP contribution in [0.15, 0.2) is 18.3 Å². The van der Waals surface area contributed by atoms with E-state index in [1.54, 1.807) is 6.20 Å². The number of amides is 1. The Hall–Kier alpha value is -2.11. The Kier molecular flexibility index (Phi) is 3.90. The number of pyridine rings is 1. The summed E-state index contributed by atoms with van der Waals surface area (Å²) in [4.78, 5) is 21.6. The second-order valence-electron chi connectivity index (χ2n) is 3.67. The number of fused-ring (bicyclic) bond motifs is 1. The molecule has 2 heterocycles. The van der Waals surface area contributed by atoms with Crippen molar-refractivity contribution in [3.05, 3.63) is 18.3 Å². The van der Waals surface area contributed by atoms with Crippen molar-refractivity contribution in [3.8, 4) is 0 Å². The van der Waals surface area contributed by atoms with Gasteiger partial charge >= 0.3 is 0 Å². The van der Waals surface area contributed by atoms with Crippen LogP contribution >= 0.6 is 0 Å². The number of hydrogen-bond acceptors (Lipinski definition) is 4. The Bertz CT molecular complexity index is 448. The Morgan fingerprint density at radius 1 is 1.35 bits per heavy atom. The number of carbonyl (C=O) groups excluding carboxylic acids is 1. The highest BCUT2D eigenvalue weighted by Gasteiger charge is 2.01. The van der Waals surface area contributed by atoms with Crippen molar-refractivity contribution in [2.45, 2.75) is 12.8 Å². The number of carbonyl (C=O) groups is 1. The van der Waals surface area contributed by atoms with E-state index in [1.807, 2.05) is 12.1 Å². The van der Waals surface area contributed by atoms with E-state index in [-0.39, 0.29) is 0 Å². The summed E-state index contributed by atoms with van der Waals surface area (Å²) in [5, 5.41) is 5.81. The van der Waals surface area contributed by atoms with Gasteiger partial charge < -0.3 is 15.6 Å². The van der Waals surface area contributed by atoms with Crippen LogP contribution in [0.5, 0.6) is 0 Å². The van der Waals surface area contributed by atoms with Gasteiger partial charge in [-0.25, -0.2) is 4.98 Å². The van der Waals surface area contributed by atoms with E-state index in [1.165, 1.54) is 0 Å². The van der Waals surface area contributed by atoms with Gasteiger partial charge in [-0.1, -0.05) is 0 Å². The third-order valence-electron chi connectivity index (χ3n) is 2.38. The van der Waals surface area contributed by atoms with Crippen LogP contribution in [0.1, 0.15) is 12.8 Å². The standard InChI is InChI=1S/C11H15N5O/c17-8-12-5-1-2-6-14-11-15-9-4-3-7-13-10(9)16-11/h3-4,7-8H,1-2,5-6H2,(H,12,17)(H2,13,14,15,16). The number of hydrogen-bond donors (Lipinski definition) is 3. The maximum atomic E-state index is 10.0. The number of anilines is 1. The fourth-order valence-corrected chi connectivity index (χ4v) is 1.55. The molecule has 6 nitrogen and oxygen atoms in total. The number of nitrogens with one attached hydrogen (secondary N) is 3. The molecule has 0 radical (unpaired) electrons. The summed E-state index contributed by atoms with van der Waals surface area (Å²) in [7, 11) is 0. The second-order valence-corrected chi connectivity index (χ2v) is 3.67. The van der Waals surface area contributed by atoms with Crippen LogP contribution in [0.25, 0.3) is 11.2 Å². The molecular weight excluding hydrogens is 218 g/mol. The van der Waals surface area contributed by atoms with Crippen LogP contribution in [0.4, 0.5) is 5.95 Å². The molecule has 2 aromatic rings. The van der Waals surface area contributed by atoms with Crippen molar-refractivity contribution in [1.29, 1.82) is 0 Å². The molecule has 2 aromatic heterocycles. The van der Waals surface area contributed by atoms with E-state index in [2.05, 4.69) is 25.6 Å². The molecule has 6 heteroatoms. The lowest BCUT2D eigenvalue weighted by Gasteiger charge is -2.01. The topological polar surface area (TPSA) is 82.7 Å². The van der Waals surface area contributed by atoms with Gasteiger partial charge in [0, 0.05) is 19.3 Å². The van der Waals surface area contributed by atoms with Crippen LogP contribution in [-0.2, 0) is 4.79 Å². The number of aromatic amines is 1. The Labute approximate surface area is 98.8 Å². The third kappa shape index (κ3) is 3.17. The van der Waals surface area contributed by atoms with Gasteiger partial charge in [0.2, 0.25) is 12.4 Å². The van der Waals surface area contributed by atoms with Crippen molar-refractivity contribution >= 4 is 23.5 Å². The Balaban J connectivity index is 1.77. The highest BCUT2D eigenvalue weighted by molar-refractivity contribution is 5.72. The molecule has 0 spiro atoms. The van der Waals surface area contributed by atoms with Crippen LogP contribution in [0.3, 0.4) is 0 Å². The molecule has 0 bridgehead atoms. The first-order chi connectivity index (χ1) is 8.40. The number of H-pyrrole nitrogens is 1. The molecule has 0 aromatic carbocycles. The van der Waals surface area contributed by atoms with Gasteiger partial charge in [0.25, 0.3) is 0 Å². The predicted molar refractivity (Wildman–Crippen MR) is 65.7 cm³/mol. The Morgan fingerprint density at radius 2 is 2.24 bits per heavy atom. The van der Waals surface area contributed by atoms with E-state index in [4.69, 9.17) is 0 Å². The predicted octanol–water partition coefficient (Wildman–Crippen LogP) is 0.896. The van der Waals surface area contributed by atoms with E-state index in [9.17, 15) is 4.79 Å². The fourth-order valence-electron chi connectivity index (χ4n) is 1.55. The highest BCUT2D eigenvalue weighted by atomic mass is 16.1.